The first-order valence-corrected chi connectivity index (χ1v) is 7.59. The highest BCUT2D eigenvalue weighted by atomic mass is 16.5. The summed E-state index contributed by atoms with van der Waals surface area (Å²) in [5.74, 6) is 6.84. The maximum atomic E-state index is 6.00. The molecule has 2 aromatic carbocycles. The molecule has 1 fully saturated rings. The summed E-state index contributed by atoms with van der Waals surface area (Å²) in [6, 6.07) is 13.7. The maximum absolute atomic E-state index is 6.00. The Bertz CT molecular complexity index is 692. The molecule has 1 unspecified atom stereocenters. The molecule has 1 atom stereocenters. The summed E-state index contributed by atoms with van der Waals surface area (Å²) < 4.78 is 6.00. The highest BCUT2D eigenvalue weighted by Gasteiger charge is 2.25. The van der Waals surface area contributed by atoms with Gasteiger partial charge in [-0.1, -0.05) is 42.3 Å². The van der Waals surface area contributed by atoms with Crippen LogP contribution in [-0.2, 0) is 0 Å². The summed E-state index contributed by atoms with van der Waals surface area (Å²) in [4.78, 5) is 0. The molecule has 1 aliphatic rings. The lowest BCUT2D eigenvalue weighted by atomic mass is 10.0. The molecule has 108 valence electrons. The van der Waals surface area contributed by atoms with Gasteiger partial charge in [0.25, 0.3) is 0 Å². The summed E-state index contributed by atoms with van der Waals surface area (Å²) in [6.45, 7) is 4.49. The molecule has 0 aromatic heterocycles. The summed E-state index contributed by atoms with van der Waals surface area (Å²) in [5, 5.41) is 6.02. The van der Waals surface area contributed by atoms with Gasteiger partial charge in [-0.15, -0.1) is 5.92 Å². The maximum Gasteiger partial charge on any atom is 0.149 e. The van der Waals surface area contributed by atoms with E-state index in [1.807, 2.05) is 6.92 Å². The van der Waals surface area contributed by atoms with Gasteiger partial charge < -0.3 is 10.1 Å². The highest BCUT2D eigenvalue weighted by molar-refractivity contribution is 5.89. The van der Waals surface area contributed by atoms with Gasteiger partial charge in [-0.3, -0.25) is 0 Å². The zero-order valence-corrected chi connectivity index (χ0v) is 12.6. The van der Waals surface area contributed by atoms with Gasteiger partial charge in [0.1, 0.15) is 12.4 Å². The minimum Gasteiger partial charge on any atom is -0.480 e. The van der Waals surface area contributed by atoms with Gasteiger partial charge in [-0.05, 0) is 32.1 Å². The van der Waals surface area contributed by atoms with Crippen LogP contribution in [0.2, 0.25) is 0 Å². The molecule has 0 heterocycles. The van der Waals surface area contributed by atoms with Gasteiger partial charge in [0.2, 0.25) is 0 Å². The Morgan fingerprint density at radius 2 is 2.05 bits per heavy atom. The van der Waals surface area contributed by atoms with Crippen molar-refractivity contribution in [1.82, 2.24) is 5.32 Å². The van der Waals surface area contributed by atoms with Gasteiger partial charge in [0.05, 0.1) is 0 Å². The van der Waals surface area contributed by atoms with E-state index in [4.69, 9.17) is 4.74 Å². The van der Waals surface area contributed by atoms with Crippen LogP contribution in [0.1, 0.15) is 38.3 Å². The van der Waals surface area contributed by atoms with Crippen molar-refractivity contribution in [2.24, 2.45) is 0 Å². The van der Waals surface area contributed by atoms with Crippen LogP contribution in [0.5, 0.6) is 5.75 Å². The van der Waals surface area contributed by atoms with E-state index in [-0.39, 0.29) is 0 Å². The van der Waals surface area contributed by atoms with Crippen molar-refractivity contribution in [2.45, 2.75) is 38.8 Å². The van der Waals surface area contributed by atoms with E-state index in [1.165, 1.54) is 23.8 Å². The average Bonchev–Trinajstić information content (AvgIpc) is 3.31. The molecule has 2 heteroatoms. The molecular formula is C19H21NO. The van der Waals surface area contributed by atoms with Crippen LogP contribution >= 0.6 is 0 Å². The molecule has 0 amide bonds. The smallest absolute Gasteiger partial charge is 0.149 e. The Balaban J connectivity index is 1.98. The zero-order valence-electron chi connectivity index (χ0n) is 12.6. The predicted octanol–water partition coefficient (Wildman–Crippen LogP) is 4.05. The normalized spacial score (nSPS) is 15.3. The van der Waals surface area contributed by atoms with Crippen LogP contribution in [-0.4, -0.2) is 12.6 Å². The van der Waals surface area contributed by atoms with Gasteiger partial charge in [-0.2, -0.15) is 0 Å². The van der Waals surface area contributed by atoms with Crippen LogP contribution in [0.25, 0.3) is 10.8 Å². The molecule has 3 rings (SSSR count). The second-order valence-electron chi connectivity index (χ2n) is 5.58. The first kappa shape index (κ1) is 14.0. The molecule has 0 bridgehead atoms. The minimum atomic E-state index is 0.298. The third-order valence-electron chi connectivity index (χ3n) is 3.91. The highest BCUT2D eigenvalue weighted by Crippen LogP contribution is 2.35. The topological polar surface area (TPSA) is 21.3 Å². The molecule has 0 radical (unpaired) electrons. The number of benzene rings is 2. The number of fused-ring (bicyclic) bond motifs is 1. The van der Waals surface area contributed by atoms with E-state index in [2.05, 4.69) is 60.5 Å². The molecule has 21 heavy (non-hydrogen) atoms. The van der Waals surface area contributed by atoms with Gasteiger partial charge in [0.15, 0.2) is 0 Å². The predicted molar refractivity (Wildman–Crippen MR) is 87.5 cm³/mol. The minimum absolute atomic E-state index is 0.298. The summed E-state index contributed by atoms with van der Waals surface area (Å²) >= 11 is 0. The third-order valence-corrected chi connectivity index (χ3v) is 3.91. The second-order valence-corrected chi connectivity index (χ2v) is 5.58. The van der Waals surface area contributed by atoms with Crippen LogP contribution in [0.3, 0.4) is 0 Å². The Kier molecular flexibility index (Phi) is 4.13. The Morgan fingerprint density at radius 3 is 2.81 bits per heavy atom. The fourth-order valence-electron chi connectivity index (χ4n) is 2.64. The lowest BCUT2D eigenvalue weighted by Crippen LogP contribution is -2.21. The molecule has 1 saturated carbocycles. The van der Waals surface area contributed by atoms with Crippen molar-refractivity contribution < 1.29 is 4.74 Å². The van der Waals surface area contributed by atoms with Crippen LogP contribution in [0, 0.1) is 11.8 Å². The van der Waals surface area contributed by atoms with Crippen molar-refractivity contribution in [3.05, 3.63) is 42.0 Å². The number of hydrogen-bond donors (Lipinski definition) is 1. The van der Waals surface area contributed by atoms with Gasteiger partial charge >= 0.3 is 0 Å². The van der Waals surface area contributed by atoms with Crippen molar-refractivity contribution in [3.8, 4) is 17.6 Å². The number of nitrogens with one attached hydrogen (secondary N) is 1. The molecule has 2 aromatic rings. The van der Waals surface area contributed by atoms with E-state index in [9.17, 15) is 0 Å². The SMILES string of the molecule is CC#CCOc1c(C(C)NC2CC2)ccc2ccccc12. The molecule has 0 saturated heterocycles. The van der Waals surface area contributed by atoms with Gasteiger partial charge in [0, 0.05) is 23.0 Å². The van der Waals surface area contributed by atoms with Crippen LogP contribution < -0.4 is 10.1 Å². The molecule has 0 aliphatic heterocycles. The van der Waals surface area contributed by atoms with Crippen molar-refractivity contribution >= 4 is 10.8 Å². The standard InChI is InChI=1S/C19H21NO/c1-3-4-13-21-19-17(14(2)20-16-10-11-16)12-9-15-7-5-6-8-18(15)19/h5-9,12,14,16,20H,10-11,13H2,1-2H3. The fourth-order valence-corrected chi connectivity index (χ4v) is 2.64. The monoisotopic (exact) mass is 279 g/mol. The summed E-state index contributed by atoms with van der Waals surface area (Å²) in [5.41, 5.74) is 1.22. The fraction of sp³-hybridized carbons (Fsp3) is 0.368. The molecule has 0 spiro atoms. The Hall–Kier alpha value is -1.98. The second kappa shape index (κ2) is 6.20. The summed E-state index contributed by atoms with van der Waals surface area (Å²) in [7, 11) is 0. The van der Waals surface area contributed by atoms with E-state index < -0.39 is 0 Å². The largest absolute Gasteiger partial charge is 0.480 e. The first-order valence-electron chi connectivity index (χ1n) is 7.59. The first-order chi connectivity index (χ1) is 10.3. The van der Waals surface area contributed by atoms with Gasteiger partial charge in [-0.25, -0.2) is 0 Å². The number of hydrogen-bond acceptors (Lipinski definition) is 2. The number of ether oxygens (including phenoxy) is 1. The number of rotatable bonds is 5. The summed E-state index contributed by atoms with van der Waals surface area (Å²) in [6.07, 6.45) is 2.57. The molecule has 1 aliphatic carbocycles. The molecular weight excluding hydrogens is 258 g/mol. The van der Waals surface area contributed by atoms with E-state index in [0.29, 0.717) is 18.7 Å². The van der Waals surface area contributed by atoms with Crippen LogP contribution in [0.15, 0.2) is 36.4 Å². The van der Waals surface area contributed by atoms with Crippen LogP contribution in [0.4, 0.5) is 0 Å². The zero-order chi connectivity index (χ0) is 14.7. The van der Waals surface area contributed by atoms with E-state index >= 15 is 0 Å². The third kappa shape index (κ3) is 3.20. The lowest BCUT2D eigenvalue weighted by molar-refractivity contribution is 0.365. The quantitative estimate of drug-likeness (QED) is 0.834. The van der Waals surface area contributed by atoms with Crippen molar-refractivity contribution in [1.29, 1.82) is 0 Å². The lowest BCUT2D eigenvalue weighted by Gasteiger charge is -2.19. The molecule has 1 N–H and O–H groups in total. The average molecular weight is 279 g/mol. The van der Waals surface area contributed by atoms with E-state index in [1.54, 1.807) is 0 Å². The molecule has 2 nitrogen and oxygen atoms in total. The Morgan fingerprint density at radius 1 is 1.24 bits per heavy atom. The van der Waals surface area contributed by atoms with E-state index in [0.717, 1.165) is 11.1 Å². The Labute approximate surface area is 126 Å². The van der Waals surface area contributed by atoms with Crippen molar-refractivity contribution in [2.75, 3.05) is 6.61 Å². The van der Waals surface area contributed by atoms with Crippen molar-refractivity contribution in [3.63, 3.8) is 0 Å².